The zero-order valence-corrected chi connectivity index (χ0v) is 17.9. The monoisotopic (exact) mass is 484 g/mol. The number of rotatable bonds is 6. The fraction of sp³-hybridized carbons (Fsp3) is 0.300. The highest BCUT2D eigenvalue weighted by Gasteiger charge is 2.94. The molecule has 0 bridgehead atoms. The smallest absolute Gasteiger partial charge is 0.452 e. The van der Waals surface area contributed by atoms with Gasteiger partial charge in [-0.25, -0.2) is 8.42 Å². The maximum Gasteiger partial charge on any atom is 0.452 e. The Morgan fingerprint density at radius 1 is 1.19 bits per heavy atom. The van der Waals surface area contributed by atoms with Crippen molar-refractivity contribution < 1.29 is 36.0 Å². The van der Waals surface area contributed by atoms with Gasteiger partial charge < -0.3 is 9.63 Å². The third-order valence-corrected chi connectivity index (χ3v) is 9.41. The van der Waals surface area contributed by atoms with E-state index in [1.165, 1.54) is 12.1 Å². The summed E-state index contributed by atoms with van der Waals surface area (Å²) in [6.45, 7) is 1.90. The average Bonchev–Trinajstić information content (AvgIpc) is 3.33. The number of hydrogen-bond acceptors (Lipinski definition) is 6. The molecule has 0 saturated heterocycles. The van der Waals surface area contributed by atoms with Crippen molar-refractivity contribution in [1.29, 1.82) is 0 Å². The van der Waals surface area contributed by atoms with E-state index in [1.54, 1.807) is 0 Å². The Balaban J connectivity index is 1.38. The highest BCUT2D eigenvalue weighted by atomic mass is 32.2. The predicted octanol–water partition coefficient (Wildman–Crippen LogP) is 3.74. The van der Waals surface area contributed by atoms with Crippen LogP contribution in [0.1, 0.15) is 18.2 Å². The lowest BCUT2D eigenvalue weighted by atomic mass is 9.80. The summed E-state index contributed by atoms with van der Waals surface area (Å²) in [6.07, 6.45) is -4.72. The van der Waals surface area contributed by atoms with Crippen molar-refractivity contribution in [2.24, 2.45) is 11.8 Å². The minimum atomic E-state index is -4.72. The molecular formula is C20H15F3N2O5S2. The Hall–Kier alpha value is -2.70. The average molecular weight is 484 g/mol. The summed E-state index contributed by atoms with van der Waals surface area (Å²) in [4.78, 5) is 12.2. The molecule has 2 atom stereocenters. The van der Waals surface area contributed by atoms with Crippen LogP contribution in [0.3, 0.4) is 0 Å². The molecule has 0 spiro atoms. The number of aliphatic carboxylic acids is 1. The van der Waals surface area contributed by atoms with Crippen molar-refractivity contribution in [1.82, 2.24) is 9.88 Å². The fourth-order valence-electron chi connectivity index (χ4n) is 4.74. The van der Waals surface area contributed by atoms with E-state index >= 15 is 0 Å². The van der Waals surface area contributed by atoms with E-state index in [0.29, 0.717) is 17.4 Å². The van der Waals surface area contributed by atoms with E-state index in [0.717, 1.165) is 5.56 Å². The molecule has 2 fully saturated rings. The van der Waals surface area contributed by atoms with E-state index in [1.807, 2.05) is 37.3 Å². The summed E-state index contributed by atoms with van der Waals surface area (Å²) in [7, 11) is -4.24. The first-order valence-electron chi connectivity index (χ1n) is 9.39. The predicted molar refractivity (Wildman–Crippen MR) is 106 cm³/mol. The third-order valence-electron chi connectivity index (χ3n) is 6.33. The molecule has 2 N–H and O–H groups in total. The van der Waals surface area contributed by atoms with E-state index in [2.05, 4.69) is 14.4 Å². The first-order valence-corrected chi connectivity index (χ1v) is 11.7. The number of fused-ring (bicyclic) bond motifs is 1. The molecule has 2 heterocycles. The van der Waals surface area contributed by atoms with Crippen molar-refractivity contribution in [3.63, 3.8) is 0 Å². The van der Waals surface area contributed by atoms with Gasteiger partial charge in [-0.05, 0) is 17.7 Å². The second kappa shape index (κ2) is 6.42. The normalized spacial score (nSPS) is 28.9. The zero-order valence-electron chi connectivity index (χ0n) is 16.3. The largest absolute Gasteiger partial charge is 0.480 e. The number of aromatic nitrogens is 1. The minimum absolute atomic E-state index is 0.143. The standard InChI is InChI=1S/C20H15F3N2O5S2/c1-18(10-5-3-2-4-6-10)15-16(18)19(15,17(26)27)25-32(28,29)14-8-7-12(31-14)11-9-13(30-24-11)20(21,22)23/h2-9,15-16,25H,1H3,(H,26,27). The van der Waals surface area contributed by atoms with Crippen molar-refractivity contribution in [2.75, 3.05) is 0 Å². The number of benzene rings is 1. The second-order valence-electron chi connectivity index (χ2n) is 8.08. The summed E-state index contributed by atoms with van der Waals surface area (Å²) in [5.74, 6) is -3.35. The molecule has 1 aromatic carbocycles. The number of nitrogens with one attached hydrogen (secondary N) is 1. The molecule has 2 aliphatic carbocycles. The van der Waals surface area contributed by atoms with Crippen LogP contribution in [0.5, 0.6) is 0 Å². The van der Waals surface area contributed by atoms with Crippen LogP contribution >= 0.6 is 11.3 Å². The number of carboxylic acids is 1. The van der Waals surface area contributed by atoms with Gasteiger partial charge in [0.25, 0.3) is 10.0 Å². The molecule has 12 heteroatoms. The molecule has 0 radical (unpaired) electrons. The lowest BCUT2D eigenvalue weighted by molar-refractivity contribution is -0.155. The molecular weight excluding hydrogens is 469 g/mol. The number of halogens is 3. The van der Waals surface area contributed by atoms with Crippen molar-refractivity contribution in [2.45, 2.75) is 28.3 Å². The van der Waals surface area contributed by atoms with Crippen molar-refractivity contribution in [3.8, 4) is 10.6 Å². The zero-order chi connectivity index (χ0) is 23.1. The van der Waals surface area contributed by atoms with Gasteiger partial charge >= 0.3 is 12.1 Å². The molecule has 2 aliphatic rings. The Labute approximate surface area is 183 Å². The van der Waals surface area contributed by atoms with Crippen LogP contribution in [0.4, 0.5) is 13.2 Å². The van der Waals surface area contributed by atoms with Gasteiger partial charge in [-0.3, -0.25) is 4.79 Å². The van der Waals surface area contributed by atoms with Gasteiger partial charge in [0.05, 0.1) is 4.88 Å². The number of alkyl halides is 3. The molecule has 0 amide bonds. The summed E-state index contributed by atoms with van der Waals surface area (Å²) < 4.78 is 70.4. The lowest BCUT2D eigenvalue weighted by Gasteiger charge is -2.30. The molecule has 7 nitrogen and oxygen atoms in total. The molecule has 0 aliphatic heterocycles. The first kappa shape index (κ1) is 21.2. The second-order valence-corrected chi connectivity index (χ2v) is 11.1. The summed E-state index contributed by atoms with van der Waals surface area (Å²) >= 11 is 0.676. The van der Waals surface area contributed by atoms with Crippen LogP contribution in [-0.2, 0) is 26.4 Å². The van der Waals surface area contributed by atoms with Crippen molar-refractivity contribution in [3.05, 3.63) is 59.9 Å². The SMILES string of the molecule is CC1(c2ccccc2)C2C1C2(NS(=O)(=O)c1ccc(-c2cc(C(F)(F)F)on2)s1)C(=O)O. The number of sulfonamides is 1. The fourth-order valence-corrected chi connectivity index (χ4v) is 7.40. The first-order chi connectivity index (χ1) is 14.9. The third kappa shape index (κ3) is 2.86. The molecule has 2 unspecified atom stereocenters. The molecule has 2 aromatic heterocycles. The number of thiophene rings is 1. The Morgan fingerprint density at radius 2 is 1.84 bits per heavy atom. The topological polar surface area (TPSA) is 110 Å². The van der Waals surface area contributed by atoms with Crippen LogP contribution in [0, 0.1) is 11.8 Å². The van der Waals surface area contributed by atoms with Gasteiger partial charge in [0.2, 0.25) is 5.76 Å². The van der Waals surface area contributed by atoms with Gasteiger partial charge in [-0.15, -0.1) is 11.3 Å². The summed E-state index contributed by atoms with van der Waals surface area (Å²) in [5, 5.41) is 13.1. The number of carboxylic acid groups (broad SMARTS) is 1. The summed E-state index contributed by atoms with van der Waals surface area (Å²) in [6, 6.07) is 12.5. The van der Waals surface area contributed by atoms with Crippen LogP contribution in [0.25, 0.3) is 10.6 Å². The number of hydrogen-bond donors (Lipinski definition) is 2. The van der Waals surface area contributed by atoms with Crippen LogP contribution < -0.4 is 4.72 Å². The van der Waals surface area contributed by atoms with Gasteiger partial charge in [0.1, 0.15) is 15.4 Å². The number of nitrogens with zero attached hydrogens (tertiary/aromatic N) is 1. The molecule has 2 saturated carbocycles. The van der Waals surface area contributed by atoms with Crippen LogP contribution in [-0.4, -0.2) is 30.2 Å². The highest BCUT2D eigenvalue weighted by molar-refractivity contribution is 7.91. The van der Waals surface area contributed by atoms with Crippen LogP contribution in [0.2, 0.25) is 0 Å². The quantitative estimate of drug-likeness (QED) is 0.552. The van der Waals surface area contributed by atoms with E-state index in [4.69, 9.17) is 0 Å². The Morgan fingerprint density at radius 3 is 2.41 bits per heavy atom. The van der Waals surface area contributed by atoms with E-state index in [9.17, 15) is 31.5 Å². The van der Waals surface area contributed by atoms with Gasteiger partial charge in [-0.2, -0.15) is 17.9 Å². The molecule has 168 valence electrons. The lowest BCUT2D eigenvalue weighted by Crippen LogP contribution is -2.53. The van der Waals surface area contributed by atoms with Crippen molar-refractivity contribution >= 4 is 27.3 Å². The van der Waals surface area contributed by atoms with E-state index in [-0.39, 0.29) is 14.8 Å². The van der Waals surface area contributed by atoms with Crippen LogP contribution in [0.15, 0.2) is 57.3 Å². The van der Waals surface area contributed by atoms with Gasteiger partial charge in [-0.1, -0.05) is 42.4 Å². The minimum Gasteiger partial charge on any atom is -0.480 e. The van der Waals surface area contributed by atoms with Gasteiger partial charge in [0.15, 0.2) is 0 Å². The molecule has 3 aromatic rings. The number of carbonyl (C=O) groups is 1. The highest BCUT2D eigenvalue weighted by Crippen LogP contribution is 2.83. The summed E-state index contributed by atoms with van der Waals surface area (Å²) in [5.41, 5.74) is -1.26. The van der Waals surface area contributed by atoms with Gasteiger partial charge in [0, 0.05) is 23.3 Å². The maximum absolute atomic E-state index is 12.9. The van der Waals surface area contributed by atoms with E-state index < -0.39 is 50.7 Å². The molecule has 5 rings (SSSR count). The molecule has 32 heavy (non-hydrogen) atoms. The Kier molecular flexibility index (Phi) is 4.25. The maximum atomic E-state index is 12.9. The Bertz CT molecular complexity index is 1320.